The topological polar surface area (TPSA) is 144 Å². The van der Waals surface area contributed by atoms with Gasteiger partial charge >= 0.3 is 42.7 Å². The maximum Gasteiger partial charge on any atom is 1.00 e. The number of hydrogen-bond acceptors (Lipinski definition) is 7. The Morgan fingerprint density at radius 2 is 1.11 bits per heavy atom. The van der Waals surface area contributed by atoms with Crippen LogP contribution in [-0.4, -0.2) is 53.1 Å². The Balaban J connectivity index is -0.0000000671. The molecule has 0 aromatic carbocycles. The average Bonchev–Trinajstić information content (AvgIpc) is 2.74. The summed E-state index contributed by atoms with van der Waals surface area (Å²) in [5.41, 5.74) is -1.42. The molecule has 0 spiro atoms. The van der Waals surface area contributed by atoms with Crippen molar-refractivity contribution in [1.29, 1.82) is 0 Å². The summed E-state index contributed by atoms with van der Waals surface area (Å²) in [5.74, 6) is -3.32. The Kier molecular flexibility index (Phi) is 41.4. The molecule has 0 unspecified atom stereocenters. The molecular weight excluding hydrogens is 475 g/mol. The minimum atomic E-state index is -1.16. The van der Waals surface area contributed by atoms with Crippen molar-refractivity contribution in [2.24, 2.45) is 10.8 Å². The summed E-state index contributed by atoms with van der Waals surface area (Å²) in [6, 6.07) is 0. The molecule has 0 radical (unpaired) electrons. The number of Topliss-reactive ketones (excluding diaryl/α,β-unsaturated/α-hetero) is 1. The van der Waals surface area contributed by atoms with Gasteiger partial charge in [-0.3, -0.25) is 24.0 Å². The number of aliphatic carboxylic acids is 2. The summed E-state index contributed by atoms with van der Waals surface area (Å²) in [4.78, 5) is 52.6. The summed E-state index contributed by atoms with van der Waals surface area (Å²) >= 11 is 0. The molecule has 0 bridgehead atoms. The van der Waals surface area contributed by atoms with Crippen LogP contribution in [-0.2, 0) is 33.4 Å². The van der Waals surface area contributed by atoms with E-state index in [-0.39, 0.29) is 52.5 Å². The number of ether oxygens (including phenoxy) is 2. The second-order valence-corrected chi connectivity index (χ2v) is 7.79. The summed E-state index contributed by atoms with van der Waals surface area (Å²) in [5, 5.41) is 16.4. The zero-order valence-electron chi connectivity index (χ0n) is 22.8. The van der Waals surface area contributed by atoms with Gasteiger partial charge in [0, 0.05) is 5.41 Å². The van der Waals surface area contributed by atoms with E-state index in [0.29, 0.717) is 6.61 Å². The van der Waals surface area contributed by atoms with E-state index in [1.165, 1.54) is 18.6 Å². The molecule has 0 fully saturated rings. The first kappa shape index (κ1) is 51.3. The van der Waals surface area contributed by atoms with Crippen LogP contribution in [0.5, 0.6) is 0 Å². The smallest absolute Gasteiger partial charge is 0.481 e. The molecule has 9 nitrogen and oxygen atoms in total. The number of ketones is 1. The van der Waals surface area contributed by atoms with Gasteiger partial charge in [-0.1, -0.05) is 40.3 Å². The van der Waals surface area contributed by atoms with E-state index in [2.05, 4.69) is 36.5 Å². The van der Waals surface area contributed by atoms with Gasteiger partial charge in [0.2, 0.25) is 0 Å². The average molecular weight is 527 g/mol. The van der Waals surface area contributed by atoms with Crippen LogP contribution in [0, 0.1) is 17.8 Å². The molecule has 214 valence electrons. The second-order valence-electron chi connectivity index (χ2n) is 7.79. The fourth-order valence-corrected chi connectivity index (χ4v) is 1.11. The van der Waals surface area contributed by atoms with E-state index in [1.54, 1.807) is 41.5 Å². The second kappa shape index (κ2) is 29.9. The van der Waals surface area contributed by atoms with E-state index in [9.17, 15) is 24.0 Å². The van der Waals surface area contributed by atoms with Gasteiger partial charge < -0.3 is 26.6 Å². The van der Waals surface area contributed by atoms with E-state index in [1.807, 2.05) is 0 Å². The van der Waals surface area contributed by atoms with Crippen molar-refractivity contribution in [2.75, 3.05) is 13.2 Å². The summed E-state index contributed by atoms with van der Waals surface area (Å²) in [6.07, 6.45) is 4.50. The predicted octanol–water partition coefficient (Wildman–Crippen LogP) is 2.93. The fourth-order valence-electron chi connectivity index (χ4n) is 1.11. The predicted molar refractivity (Wildman–Crippen MR) is 144 cm³/mol. The van der Waals surface area contributed by atoms with Crippen LogP contribution in [0.1, 0.15) is 89.0 Å². The molecular formula is C27H51LiO9. The molecule has 2 N–H and O–H groups in total. The van der Waals surface area contributed by atoms with Crippen LogP contribution in [0.15, 0.2) is 25.3 Å². The number of esters is 2. The number of rotatable bonds is 11. The van der Waals surface area contributed by atoms with Crippen molar-refractivity contribution in [1.82, 2.24) is 0 Å². The summed E-state index contributed by atoms with van der Waals surface area (Å²) < 4.78 is 8.99. The van der Waals surface area contributed by atoms with Crippen LogP contribution < -0.4 is 18.9 Å². The van der Waals surface area contributed by atoms with Crippen LogP contribution in [0.3, 0.4) is 0 Å². The zero-order chi connectivity index (χ0) is 28.0. The quantitative estimate of drug-likeness (QED) is 0.136. The van der Waals surface area contributed by atoms with Crippen LogP contribution in [0.25, 0.3) is 0 Å². The van der Waals surface area contributed by atoms with Crippen molar-refractivity contribution >= 4 is 29.7 Å². The first-order chi connectivity index (χ1) is 15.5. The first-order valence-electron chi connectivity index (χ1n) is 10.9. The molecule has 0 aliphatic carbocycles. The third-order valence-corrected chi connectivity index (χ3v) is 3.86. The molecule has 0 aliphatic heterocycles. The molecule has 10 heteroatoms. The number of carboxylic acids is 2. The first-order valence-corrected chi connectivity index (χ1v) is 10.9. The van der Waals surface area contributed by atoms with Gasteiger partial charge in [-0.25, -0.2) is 0 Å². The Morgan fingerprint density at radius 3 is 1.30 bits per heavy atom. The molecule has 0 amide bonds. The Bertz CT molecular complexity index is 652. The number of hydrogen-bond donors (Lipinski definition) is 2. The standard InChI is InChI=1S/C10H16O3.C6H10O2.C5H8O4.C4H9.2CH4.Li/c1-5-10(3,4)8(11)7-9(12)13-6-2;1-4-6(2,3)5(7)8;1-2-9-5(8)3-4(6)7;1-3-4-2;;;/h5H,1,6-7H2,2-4H3;4H,1H2,2-3H3,(H,7,8);2-3H2,1H3,(H,6,7);1,3-4H2,2H3;2*1H4;/q;;;-1;;;+1. The molecule has 0 heterocycles. The summed E-state index contributed by atoms with van der Waals surface area (Å²) in [6.45, 7) is 23.1. The number of carbonyl (C=O) groups is 5. The van der Waals surface area contributed by atoms with Gasteiger partial charge in [0.25, 0.3) is 0 Å². The Morgan fingerprint density at radius 1 is 0.784 bits per heavy atom. The van der Waals surface area contributed by atoms with E-state index in [4.69, 9.17) is 10.2 Å². The molecule has 0 saturated heterocycles. The fraction of sp³-hybridized carbons (Fsp3) is 0.630. The van der Waals surface area contributed by atoms with Gasteiger partial charge in [-0.15, -0.1) is 13.2 Å². The maximum atomic E-state index is 11.4. The van der Waals surface area contributed by atoms with Crippen LogP contribution in [0.2, 0.25) is 0 Å². The van der Waals surface area contributed by atoms with Crippen LogP contribution in [0.4, 0.5) is 0 Å². The third kappa shape index (κ3) is 35.9. The minimum absolute atomic E-state index is 0. The van der Waals surface area contributed by atoms with E-state index < -0.39 is 41.1 Å². The normalized spacial score (nSPS) is 8.97. The van der Waals surface area contributed by atoms with Crippen molar-refractivity contribution < 1.29 is 62.5 Å². The Labute approximate surface area is 237 Å². The van der Waals surface area contributed by atoms with E-state index >= 15 is 0 Å². The number of unbranched alkanes of at least 4 members (excludes halogenated alkanes) is 1. The number of carbonyl (C=O) groups excluding carboxylic acids is 3. The summed E-state index contributed by atoms with van der Waals surface area (Å²) in [7, 11) is 0. The van der Waals surface area contributed by atoms with E-state index in [0.717, 1.165) is 6.42 Å². The SMILES string of the molecule is C.C.C=CC(C)(C)C(=O)CC(=O)OCC.C=CC(C)(C)C(=O)O.CCOC(=O)CC(=O)O.[CH2-]CCC.[Li+]. The van der Waals surface area contributed by atoms with Gasteiger partial charge in [0.1, 0.15) is 12.8 Å². The van der Waals surface area contributed by atoms with Gasteiger partial charge in [0.05, 0.1) is 18.6 Å². The molecule has 37 heavy (non-hydrogen) atoms. The molecule has 0 atom stereocenters. The Hall–Kier alpha value is -2.37. The van der Waals surface area contributed by atoms with Gasteiger partial charge in [-0.05, 0) is 41.5 Å². The maximum absolute atomic E-state index is 11.4. The van der Waals surface area contributed by atoms with Gasteiger partial charge in [0.15, 0.2) is 5.78 Å². The minimum Gasteiger partial charge on any atom is -0.481 e. The van der Waals surface area contributed by atoms with Crippen molar-refractivity contribution in [3.8, 4) is 0 Å². The molecule has 0 saturated carbocycles. The number of allylic oxidation sites excluding steroid dienone is 1. The van der Waals surface area contributed by atoms with Crippen molar-refractivity contribution in [3.63, 3.8) is 0 Å². The number of carboxylic acid groups (broad SMARTS) is 2. The molecule has 0 aromatic heterocycles. The zero-order valence-corrected chi connectivity index (χ0v) is 22.8. The van der Waals surface area contributed by atoms with Gasteiger partial charge in [-0.2, -0.15) is 6.42 Å². The monoisotopic (exact) mass is 526 g/mol. The van der Waals surface area contributed by atoms with Crippen LogP contribution >= 0.6 is 0 Å². The molecule has 0 aliphatic rings. The molecule has 0 aromatic rings. The van der Waals surface area contributed by atoms with Crippen molar-refractivity contribution in [2.45, 2.75) is 89.0 Å². The largest absolute Gasteiger partial charge is 1.00 e. The van der Waals surface area contributed by atoms with Crippen molar-refractivity contribution in [3.05, 3.63) is 32.2 Å². The molecule has 0 rings (SSSR count). The third-order valence-electron chi connectivity index (χ3n) is 3.86.